The quantitative estimate of drug-likeness (QED) is 0.658. The monoisotopic (exact) mass is 330 g/mol. The fraction of sp³-hybridized carbons (Fsp3) is 0.474. The summed E-state index contributed by atoms with van der Waals surface area (Å²) in [6, 6.07) is 6.85. The number of H-pyrrole nitrogens is 1. The fourth-order valence-corrected chi connectivity index (χ4v) is 2.98. The number of aromatic nitrogens is 1. The third kappa shape index (κ3) is 4.37. The van der Waals surface area contributed by atoms with E-state index in [9.17, 15) is 14.7 Å². The van der Waals surface area contributed by atoms with E-state index in [-0.39, 0.29) is 18.2 Å². The Hall–Kier alpha value is -2.30. The molecule has 2 rings (SSSR count). The minimum absolute atomic E-state index is 0.116. The number of carboxylic acids is 1. The molecule has 0 saturated heterocycles. The Labute approximate surface area is 142 Å². The van der Waals surface area contributed by atoms with Crippen molar-refractivity contribution in [3.63, 3.8) is 0 Å². The van der Waals surface area contributed by atoms with Gasteiger partial charge in [0.05, 0.1) is 0 Å². The zero-order chi connectivity index (χ0) is 17.5. The number of fused-ring (bicyclic) bond motifs is 1. The lowest BCUT2D eigenvalue weighted by Crippen LogP contribution is -2.44. The van der Waals surface area contributed by atoms with E-state index in [1.165, 1.54) is 0 Å². The van der Waals surface area contributed by atoms with Crippen molar-refractivity contribution in [3.05, 3.63) is 36.0 Å². The van der Waals surface area contributed by atoms with Gasteiger partial charge in [-0.05, 0) is 24.5 Å². The number of hydrogen-bond donors (Lipinski definition) is 3. The molecule has 24 heavy (non-hydrogen) atoms. The smallest absolute Gasteiger partial charge is 0.326 e. The van der Waals surface area contributed by atoms with E-state index < -0.39 is 12.0 Å². The predicted molar refractivity (Wildman–Crippen MR) is 94.9 cm³/mol. The van der Waals surface area contributed by atoms with E-state index in [1.54, 1.807) is 0 Å². The first-order valence-electron chi connectivity index (χ1n) is 8.65. The number of aromatic amines is 1. The average Bonchev–Trinajstić information content (AvgIpc) is 2.98. The summed E-state index contributed by atoms with van der Waals surface area (Å²) in [5, 5.41) is 13.2. The topological polar surface area (TPSA) is 82.2 Å². The molecule has 5 heteroatoms. The number of unbranched alkanes of at least 4 members (excludes halogenated alkanes) is 1. The highest BCUT2D eigenvalue weighted by atomic mass is 16.4. The molecular weight excluding hydrogens is 304 g/mol. The molecule has 1 aromatic carbocycles. The van der Waals surface area contributed by atoms with Crippen LogP contribution in [0.25, 0.3) is 10.9 Å². The summed E-state index contributed by atoms with van der Waals surface area (Å²) in [6.45, 7) is 4.05. The Kier molecular flexibility index (Phi) is 6.41. The second kappa shape index (κ2) is 8.52. The molecule has 5 nitrogen and oxygen atoms in total. The van der Waals surface area contributed by atoms with E-state index in [1.807, 2.05) is 37.4 Å². The standard InChI is InChI=1S/C19H26N2O3/c1-3-5-8-13(4-2)18(22)21-17(19(23)24)11-14-12-20-16-10-7-6-9-15(14)16/h6-7,9-10,12-13,17,20H,3-5,8,11H2,1-2H3,(H,21,22)(H,23,24). The number of para-hydroxylation sites is 1. The summed E-state index contributed by atoms with van der Waals surface area (Å²) >= 11 is 0. The minimum atomic E-state index is -1.00. The second-order valence-corrected chi connectivity index (χ2v) is 6.21. The van der Waals surface area contributed by atoms with Gasteiger partial charge in [-0.15, -0.1) is 0 Å². The molecule has 2 unspecified atom stereocenters. The molecule has 2 atom stereocenters. The van der Waals surface area contributed by atoms with Gasteiger partial charge in [0.25, 0.3) is 0 Å². The number of carbonyl (C=O) groups is 2. The van der Waals surface area contributed by atoms with Gasteiger partial charge in [0, 0.05) is 29.4 Å². The van der Waals surface area contributed by atoms with Gasteiger partial charge in [0.15, 0.2) is 0 Å². The molecule has 0 aliphatic rings. The van der Waals surface area contributed by atoms with Crippen molar-refractivity contribution in [2.24, 2.45) is 5.92 Å². The number of rotatable bonds is 9. The summed E-state index contributed by atoms with van der Waals surface area (Å²) < 4.78 is 0. The van der Waals surface area contributed by atoms with E-state index in [0.29, 0.717) is 0 Å². The number of carboxylic acid groups (broad SMARTS) is 1. The molecular formula is C19H26N2O3. The van der Waals surface area contributed by atoms with Crippen LogP contribution in [-0.2, 0) is 16.0 Å². The van der Waals surface area contributed by atoms with Crippen LogP contribution in [0.1, 0.15) is 45.1 Å². The van der Waals surface area contributed by atoms with E-state index in [2.05, 4.69) is 17.2 Å². The van der Waals surface area contributed by atoms with Crippen LogP contribution in [0.5, 0.6) is 0 Å². The maximum atomic E-state index is 12.4. The van der Waals surface area contributed by atoms with Crippen LogP contribution in [0, 0.1) is 5.92 Å². The lowest BCUT2D eigenvalue weighted by Gasteiger charge is -2.19. The van der Waals surface area contributed by atoms with Crippen LogP contribution in [0.2, 0.25) is 0 Å². The highest BCUT2D eigenvalue weighted by Crippen LogP contribution is 2.20. The lowest BCUT2D eigenvalue weighted by molar-refractivity contribution is -0.142. The van der Waals surface area contributed by atoms with Crippen molar-refractivity contribution in [1.29, 1.82) is 0 Å². The molecule has 130 valence electrons. The van der Waals surface area contributed by atoms with Crippen molar-refractivity contribution < 1.29 is 14.7 Å². The Bertz CT molecular complexity index is 693. The maximum absolute atomic E-state index is 12.4. The van der Waals surface area contributed by atoms with Crippen molar-refractivity contribution in [3.8, 4) is 0 Å². The van der Waals surface area contributed by atoms with E-state index >= 15 is 0 Å². The minimum Gasteiger partial charge on any atom is -0.480 e. The molecule has 0 fully saturated rings. The molecule has 0 saturated carbocycles. The van der Waals surface area contributed by atoms with Gasteiger partial charge in [-0.1, -0.05) is 44.9 Å². The molecule has 0 aliphatic heterocycles. The molecule has 1 amide bonds. The van der Waals surface area contributed by atoms with Gasteiger partial charge < -0.3 is 15.4 Å². The SMILES string of the molecule is CCCCC(CC)C(=O)NC(Cc1c[nH]c2ccccc12)C(=O)O. The zero-order valence-corrected chi connectivity index (χ0v) is 14.3. The van der Waals surface area contributed by atoms with Gasteiger partial charge in [-0.3, -0.25) is 4.79 Å². The Morgan fingerprint density at radius 1 is 1.25 bits per heavy atom. The highest BCUT2D eigenvalue weighted by molar-refractivity contribution is 5.87. The summed E-state index contributed by atoms with van der Waals surface area (Å²) in [5.74, 6) is -1.27. The van der Waals surface area contributed by atoms with Crippen LogP contribution in [0.15, 0.2) is 30.5 Å². The van der Waals surface area contributed by atoms with Crippen LogP contribution in [0.3, 0.4) is 0 Å². The van der Waals surface area contributed by atoms with Gasteiger partial charge in [-0.25, -0.2) is 4.79 Å². The average molecular weight is 330 g/mol. The Balaban J connectivity index is 2.09. The number of benzene rings is 1. The first-order valence-corrected chi connectivity index (χ1v) is 8.65. The third-order valence-electron chi connectivity index (χ3n) is 4.48. The van der Waals surface area contributed by atoms with E-state index in [0.717, 1.165) is 42.1 Å². The summed E-state index contributed by atoms with van der Waals surface area (Å²) in [5.41, 5.74) is 1.87. The Morgan fingerprint density at radius 2 is 2.00 bits per heavy atom. The zero-order valence-electron chi connectivity index (χ0n) is 14.3. The molecule has 0 radical (unpaired) electrons. The van der Waals surface area contributed by atoms with Gasteiger partial charge >= 0.3 is 5.97 Å². The molecule has 0 bridgehead atoms. The van der Waals surface area contributed by atoms with Gasteiger partial charge in [0.2, 0.25) is 5.91 Å². The van der Waals surface area contributed by atoms with Gasteiger partial charge in [0.1, 0.15) is 6.04 Å². The highest BCUT2D eigenvalue weighted by Gasteiger charge is 2.25. The van der Waals surface area contributed by atoms with Crippen molar-refractivity contribution >= 4 is 22.8 Å². The number of hydrogen-bond acceptors (Lipinski definition) is 2. The first-order chi connectivity index (χ1) is 11.6. The molecule has 2 aromatic rings. The Morgan fingerprint density at radius 3 is 2.67 bits per heavy atom. The molecule has 1 heterocycles. The molecule has 0 aliphatic carbocycles. The van der Waals surface area contributed by atoms with Crippen molar-refractivity contribution in [2.45, 2.75) is 52.0 Å². The fourth-order valence-electron chi connectivity index (χ4n) is 2.98. The van der Waals surface area contributed by atoms with Gasteiger partial charge in [-0.2, -0.15) is 0 Å². The van der Waals surface area contributed by atoms with Crippen LogP contribution >= 0.6 is 0 Å². The summed E-state index contributed by atoms with van der Waals surface area (Å²) in [4.78, 5) is 27.1. The molecule has 3 N–H and O–H groups in total. The lowest BCUT2D eigenvalue weighted by atomic mass is 9.97. The largest absolute Gasteiger partial charge is 0.480 e. The predicted octanol–water partition coefficient (Wildman–Crippen LogP) is 3.50. The van der Waals surface area contributed by atoms with Crippen molar-refractivity contribution in [1.82, 2.24) is 10.3 Å². The number of carbonyl (C=O) groups excluding carboxylic acids is 1. The molecule has 0 spiro atoms. The second-order valence-electron chi connectivity index (χ2n) is 6.21. The van der Waals surface area contributed by atoms with Crippen molar-refractivity contribution in [2.75, 3.05) is 0 Å². The number of aliphatic carboxylic acids is 1. The third-order valence-corrected chi connectivity index (χ3v) is 4.48. The van der Waals surface area contributed by atoms with Crippen LogP contribution in [-0.4, -0.2) is 28.0 Å². The molecule has 1 aromatic heterocycles. The number of amides is 1. The first kappa shape index (κ1) is 18.0. The normalized spacial score (nSPS) is 13.6. The summed E-state index contributed by atoms with van der Waals surface area (Å²) in [7, 11) is 0. The number of nitrogens with one attached hydrogen (secondary N) is 2. The van der Waals surface area contributed by atoms with Crippen LogP contribution < -0.4 is 5.32 Å². The van der Waals surface area contributed by atoms with Crippen LogP contribution in [0.4, 0.5) is 0 Å². The maximum Gasteiger partial charge on any atom is 0.326 e. The summed E-state index contributed by atoms with van der Waals surface area (Å²) in [6.07, 6.45) is 5.63. The van der Waals surface area contributed by atoms with E-state index in [4.69, 9.17) is 0 Å².